The van der Waals surface area contributed by atoms with Gasteiger partial charge in [0.05, 0.1) is 6.10 Å². The highest BCUT2D eigenvalue weighted by Crippen LogP contribution is 2.36. The predicted molar refractivity (Wildman–Crippen MR) is 82.4 cm³/mol. The molecule has 128 valence electrons. The molecule has 10 heteroatoms. The number of carbonyl (C=O) groups is 1. The Balaban J connectivity index is 1.52. The van der Waals surface area contributed by atoms with E-state index in [2.05, 4.69) is 30.7 Å². The highest BCUT2D eigenvalue weighted by molar-refractivity contribution is 5.90. The van der Waals surface area contributed by atoms with E-state index < -0.39 is 0 Å². The van der Waals surface area contributed by atoms with E-state index in [1.807, 2.05) is 0 Å². The minimum Gasteiger partial charge on any atom is -0.392 e. The van der Waals surface area contributed by atoms with Crippen molar-refractivity contribution in [1.29, 1.82) is 0 Å². The van der Waals surface area contributed by atoms with E-state index in [1.165, 1.54) is 17.2 Å². The number of H-pyrrole nitrogens is 1. The molecule has 2 aromatic heterocycles. The van der Waals surface area contributed by atoms with Gasteiger partial charge in [-0.3, -0.25) is 14.5 Å². The smallest absolute Gasteiger partial charge is 0.291 e. The molecule has 4 heterocycles. The number of piperidine rings is 2. The third-order valence-corrected chi connectivity index (χ3v) is 5.00. The van der Waals surface area contributed by atoms with Gasteiger partial charge in [-0.1, -0.05) is 0 Å². The van der Waals surface area contributed by atoms with Crippen molar-refractivity contribution in [1.82, 2.24) is 40.2 Å². The summed E-state index contributed by atoms with van der Waals surface area (Å²) in [6.07, 6.45) is 5.08. The number of aromatic nitrogens is 6. The van der Waals surface area contributed by atoms with Gasteiger partial charge in [-0.25, -0.2) is 0 Å². The van der Waals surface area contributed by atoms with Crippen molar-refractivity contribution >= 4 is 5.91 Å². The predicted octanol–water partition coefficient (Wildman–Crippen LogP) is -1.04. The van der Waals surface area contributed by atoms with Gasteiger partial charge < -0.3 is 15.3 Å². The van der Waals surface area contributed by atoms with Crippen LogP contribution in [0.3, 0.4) is 0 Å². The van der Waals surface area contributed by atoms with Gasteiger partial charge in [-0.05, 0) is 25.8 Å². The van der Waals surface area contributed by atoms with E-state index in [9.17, 15) is 9.90 Å². The van der Waals surface area contributed by atoms with Crippen LogP contribution in [0.25, 0.3) is 5.95 Å². The lowest BCUT2D eigenvalue weighted by molar-refractivity contribution is -0.0435. The van der Waals surface area contributed by atoms with Crippen LogP contribution in [0.15, 0.2) is 12.7 Å². The van der Waals surface area contributed by atoms with Crippen molar-refractivity contribution in [3.05, 3.63) is 18.5 Å². The van der Waals surface area contributed by atoms with Gasteiger partial charge in [-0.2, -0.15) is 4.98 Å². The van der Waals surface area contributed by atoms with E-state index >= 15 is 0 Å². The summed E-state index contributed by atoms with van der Waals surface area (Å²) in [5, 5.41) is 27.9. The topological polar surface area (TPSA) is 125 Å². The first-order chi connectivity index (χ1) is 11.7. The number of hydrogen-bond donors (Lipinski definition) is 3. The van der Waals surface area contributed by atoms with Gasteiger partial charge in [0, 0.05) is 25.0 Å². The summed E-state index contributed by atoms with van der Waals surface area (Å²) in [5.41, 5.74) is -0.261. The Morgan fingerprint density at radius 3 is 3.00 bits per heavy atom. The normalized spacial score (nSPS) is 27.5. The lowest BCUT2D eigenvalue weighted by atomic mass is 9.72. The van der Waals surface area contributed by atoms with Gasteiger partial charge in [-0.15, -0.1) is 15.3 Å². The molecule has 10 nitrogen and oxygen atoms in total. The largest absolute Gasteiger partial charge is 0.392 e. The van der Waals surface area contributed by atoms with Crippen LogP contribution < -0.4 is 5.32 Å². The lowest BCUT2D eigenvalue weighted by Crippen LogP contribution is -2.59. The Bertz CT molecular complexity index is 710. The van der Waals surface area contributed by atoms with Gasteiger partial charge in [0.25, 0.3) is 11.9 Å². The van der Waals surface area contributed by atoms with E-state index in [0.717, 1.165) is 32.4 Å². The molecule has 3 N–H and O–H groups in total. The molecular formula is C14H20N8O2. The summed E-state index contributed by atoms with van der Waals surface area (Å²) >= 11 is 0. The number of aliphatic hydroxyl groups excluding tert-OH is 1. The zero-order valence-corrected chi connectivity index (χ0v) is 13.2. The number of rotatable bonds is 2. The Morgan fingerprint density at radius 2 is 2.21 bits per heavy atom. The first kappa shape index (κ1) is 15.2. The molecule has 0 unspecified atom stereocenters. The molecule has 2 aliphatic rings. The molecule has 2 aliphatic heterocycles. The molecule has 0 aromatic carbocycles. The molecule has 4 rings (SSSR count). The van der Waals surface area contributed by atoms with Crippen molar-refractivity contribution in [2.24, 2.45) is 5.41 Å². The monoisotopic (exact) mass is 332 g/mol. The third-order valence-electron chi connectivity index (χ3n) is 5.00. The van der Waals surface area contributed by atoms with E-state index in [1.54, 1.807) is 4.90 Å². The molecule has 2 fully saturated rings. The summed E-state index contributed by atoms with van der Waals surface area (Å²) in [6, 6.07) is 0. The highest BCUT2D eigenvalue weighted by atomic mass is 16.3. The van der Waals surface area contributed by atoms with E-state index in [4.69, 9.17) is 0 Å². The molecule has 0 radical (unpaired) electrons. The fourth-order valence-electron chi connectivity index (χ4n) is 3.67. The van der Waals surface area contributed by atoms with Crippen molar-refractivity contribution < 1.29 is 9.90 Å². The van der Waals surface area contributed by atoms with Gasteiger partial charge >= 0.3 is 0 Å². The second-order valence-electron chi connectivity index (χ2n) is 6.53. The van der Waals surface area contributed by atoms with Crippen molar-refractivity contribution in [2.75, 3.05) is 26.2 Å². The fraction of sp³-hybridized carbons (Fsp3) is 0.643. The van der Waals surface area contributed by atoms with Gasteiger partial charge in [0.1, 0.15) is 12.7 Å². The Labute approximate surface area is 138 Å². The van der Waals surface area contributed by atoms with E-state index in [-0.39, 0.29) is 23.3 Å². The molecule has 1 spiro atoms. The van der Waals surface area contributed by atoms with Crippen LogP contribution in [0.5, 0.6) is 0 Å². The highest BCUT2D eigenvalue weighted by Gasteiger charge is 2.44. The Hall–Kier alpha value is -2.33. The molecule has 2 aromatic rings. The van der Waals surface area contributed by atoms with Crippen molar-refractivity contribution in [3.63, 3.8) is 0 Å². The minimum absolute atomic E-state index is 0.189. The van der Waals surface area contributed by atoms with Gasteiger partial charge in [0.15, 0.2) is 0 Å². The van der Waals surface area contributed by atoms with Crippen LogP contribution in [-0.2, 0) is 0 Å². The summed E-state index contributed by atoms with van der Waals surface area (Å²) in [4.78, 5) is 18.8. The summed E-state index contributed by atoms with van der Waals surface area (Å²) in [5.74, 6) is 0.321. The molecule has 2 atom stereocenters. The number of amides is 1. The maximum Gasteiger partial charge on any atom is 0.291 e. The third kappa shape index (κ3) is 2.57. The summed E-state index contributed by atoms with van der Waals surface area (Å²) in [7, 11) is 0. The van der Waals surface area contributed by atoms with Crippen molar-refractivity contribution in [3.8, 4) is 5.95 Å². The van der Waals surface area contributed by atoms with Crippen LogP contribution in [0.2, 0.25) is 0 Å². The molecule has 0 saturated carbocycles. The zero-order chi connectivity index (χ0) is 16.6. The van der Waals surface area contributed by atoms with Gasteiger partial charge in [0.2, 0.25) is 5.82 Å². The number of aromatic amines is 1. The van der Waals surface area contributed by atoms with Crippen LogP contribution in [0.1, 0.15) is 29.9 Å². The number of hydrogen-bond acceptors (Lipinski definition) is 7. The Kier molecular flexibility index (Phi) is 3.77. The number of nitrogens with zero attached hydrogens (tertiary/aromatic N) is 6. The molecule has 0 bridgehead atoms. The van der Waals surface area contributed by atoms with E-state index in [0.29, 0.717) is 19.0 Å². The standard InChI is InChI=1S/C14H20N8O2/c23-10-2-4-15-6-14(10)3-1-5-21(7-14)12(24)11-18-13(20-19-11)22-8-16-17-9-22/h8-10,15,23H,1-7H2,(H,18,19,20)/t10-,14-/m0/s1. The van der Waals surface area contributed by atoms with Crippen LogP contribution in [-0.4, -0.2) is 78.1 Å². The second kappa shape index (κ2) is 5.95. The average molecular weight is 332 g/mol. The average Bonchev–Trinajstić information content (AvgIpc) is 3.28. The summed E-state index contributed by atoms with van der Waals surface area (Å²) < 4.78 is 1.53. The van der Waals surface area contributed by atoms with Crippen LogP contribution >= 0.6 is 0 Å². The Morgan fingerprint density at radius 1 is 1.38 bits per heavy atom. The SMILES string of the molecule is O=C(c1nc(-n2cnnc2)n[nH]1)N1CCC[C@]2(CNCC[C@@H]2O)C1. The maximum atomic E-state index is 12.8. The molecule has 24 heavy (non-hydrogen) atoms. The number of aliphatic hydroxyl groups is 1. The number of nitrogens with one attached hydrogen (secondary N) is 2. The fourth-order valence-corrected chi connectivity index (χ4v) is 3.67. The quantitative estimate of drug-likeness (QED) is 0.641. The minimum atomic E-state index is -0.378. The first-order valence-electron chi connectivity index (χ1n) is 8.13. The molecule has 1 amide bonds. The first-order valence-corrected chi connectivity index (χ1v) is 8.13. The summed E-state index contributed by atoms with van der Waals surface area (Å²) in [6.45, 7) is 2.75. The molecule has 0 aliphatic carbocycles. The molecule has 2 saturated heterocycles. The van der Waals surface area contributed by atoms with Crippen molar-refractivity contribution in [2.45, 2.75) is 25.4 Å². The maximum absolute atomic E-state index is 12.8. The second-order valence-corrected chi connectivity index (χ2v) is 6.53. The van der Waals surface area contributed by atoms with Crippen LogP contribution in [0.4, 0.5) is 0 Å². The lowest BCUT2D eigenvalue weighted by Gasteiger charge is -2.48. The zero-order valence-electron chi connectivity index (χ0n) is 13.2. The number of carbonyl (C=O) groups excluding carboxylic acids is 1. The number of likely N-dealkylation sites (tertiary alicyclic amines) is 1. The molecular weight excluding hydrogens is 312 g/mol. The van der Waals surface area contributed by atoms with Crippen LogP contribution in [0, 0.1) is 5.41 Å².